The third-order valence-electron chi connectivity index (χ3n) is 4.70. The third-order valence-corrected chi connectivity index (χ3v) is 5.56. The van der Waals surface area contributed by atoms with Gasteiger partial charge in [-0.1, -0.05) is 59.6 Å². The smallest absolute Gasteiger partial charge is 0.225 e. The van der Waals surface area contributed by atoms with Crippen molar-refractivity contribution in [3.8, 4) is 0 Å². The first-order chi connectivity index (χ1) is 12.9. The van der Waals surface area contributed by atoms with E-state index in [1.807, 2.05) is 42.5 Å². The van der Waals surface area contributed by atoms with Gasteiger partial charge in [0.1, 0.15) is 0 Å². The molecule has 6 heteroatoms. The van der Waals surface area contributed by atoms with E-state index < -0.39 is 0 Å². The average molecular weight is 403 g/mol. The number of nitrogens with zero attached hydrogens (tertiary/aromatic N) is 2. The lowest BCUT2D eigenvalue weighted by atomic mass is 9.93. The van der Waals surface area contributed by atoms with Crippen LogP contribution in [0.15, 0.2) is 48.7 Å². The second kappa shape index (κ2) is 8.15. The van der Waals surface area contributed by atoms with Crippen LogP contribution in [0.4, 0.5) is 0 Å². The summed E-state index contributed by atoms with van der Waals surface area (Å²) in [4.78, 5) is 28.2. The first-order valence-electron chi connectivity index (χ1n) is 8.61. The van der Waals surface area contributed by atoms with Crippen LogP contribution in [0.2, 0.25) is 10.0 Å². The topological polar surface area (TPSA) is 40.6 Å². The highest BCUT2D eigenvalue weighted by Gasteiger charge is 2.29. The molecule has 0 spiro atoms. The van der Waals surface area contributed by atoms with Gasteiger partial charge in [0.15, 0.2) is 0 Å². The minimum Gasteiger partial charge on any atom is -0.341 e. The van der Waals surface area contributed by atoms with Gasteiger partial charge in [-0.25, -0.2) is 0 Å². The van der Waals surface area contributed by atoms with Gasteiger partial charge in [0.2, 0.25) is 11.8 Å². The van der Waals surface area contributed by atoms with Crippen molar-refractivity contribution in [1.29, 1.82) is 0 Å². The summed E-state index contributed by atoms with van der Waals surface area (Å²) in [5.74, 6) is -0.175. The predicted molar refractivity (Wildman–Crippen MR) is 108 cm³/mol. The number of carbonyl (C=O) groups excluding carboxylic acids is 2. The lowest BCUT2D eigenvalue weighted by molar-refractivity contribution is -0.134. The van der Waals surface area contributed by atoms with E-state index in [0.29, 0.717) is 16.6 Å². The first kappa shape index (κ1) is 19.5. The number of rotatable bonds is 4. The predicted octanol–water partition coefficient (Wildman–Crippen LogP) is 4.92. The molecule has 0 fully saturated rings. The van der Waals surface area contributed by atoms with Crippen LogP contribution in [0.25, 0.3) is 6.08 Å². The highest BCUT2D eigenvalue weighted by atomic mass is 35.5. The summed E-state index contributed by atoms with van der Waals surface area (Å²) in [6.45, 7) is 1.85. The van der Waals surface area contributed by atoms with Gasteiger partial charge in [0.05, 0.1) is 22.5 Å². The molecule has 0 saturated carbocycles. The fourth-order valence-corrected chi connectivity index (χ4v) is 3.63. The second-order valence-corrected chi connectivity index (χ2v) is 7.34. The Morgan fingerprint density at radius 1 is 1.11 bits per heavy atom. The number of hydrogen-bond donors (Lipinski definition) is 0. The van der Waals surface area contributed by atoms with Crippen molar-refractivity contribution in [1.82, 2.24) is 9.80 Å². The fourth-order valence-electron chi connectivity index (χ4n) is 3.25. The van der Waals surface area contributed by atoms with Crippen LogP contribution in [-0.2, 0) is 16.1 Å². The zero-order valence-corrected chi connectivity index (χ0v) is 16.7. The van der Waals surface area contributed by atoms with Crippen LogP contribution < -0.4 is 0 Å². The SMILES string of the molecule is CC(=O)N1C=Cc2ccccc2[C@H]1CC(=O)N(C)Cc1cccc(Cl)c1Cl. The number of hydrogen-bond acceptors (Lipinski definition) is 2. The molecular formula is C21H20Cl2N2O2. The van der Waals surface area contributed by atoms with Gasteiger partial charge in [-0.15, -0.1) is 0 Å². The number of benzene rings is 2. The summed E-state index contributed by atoms with van der Waals surface area (Å²) >= 11 is 12.3. The molecule has 1 heterocycles. The van der Waals surface area contributed by atoms with E-state index in [-0.39, 0.29) is 24.3 Å². The Hall–Kier alpha value is -2.30. The molecule has 0 aliphatic carbocycles. The number of fused-ring (bicyclic) bond motifs is 1. The molecule has 0 bridgehead atoms. The van der Waals surface area contributed by atoms with Crippen molar-refractivity contribution in [3.05, 3.63) is 75.4 Å². The van der Waals surface area contributed by atoms with E-state index in [4.69, 9.17) is 23.2 Å². The quantitative estimate of drug-likeness (QED) is 0.728. The molecule has 1 atom stereocenters. The number of carbonyl (C=O) groups is 2. The maximum atomic E-state index is 12.9. The van der Waals surface area contributed by atoms with Crippen LogP contribution in [-0.4, -0.2) is 28.7 Å². The normalized spacial score (nSPS) is 15.4. The molecule has 3 rings (SSSR count). The van der Waals surface area contributed by atoms with Gasteiger partial charge in [-0.2, -0.15) is 0 Å². The lowest BCUT2D eigenvalue weighted by Crippen LogP contribution is -2.35. The molecular weight excluding hydrogens is 383 g/mol. The van der Waals surface area contributed by atoms with Crippen molar-refractivity contribution >= 4 is 41.1 Å². The van der Waals surface area contributed by atoms with Gasteiger partial charge < -0.3 is 9.80 Å². The van der Waals surface area contributed by atoms with Crippen LogP contribution in [0, 0.1) is 0 Å². The molecule has 0 aromatic heterocycles. The third kappa shape index (κ3) is 4.18. The Morgan fingerprint density at radius 3 is 2.59 bits per heavy atom. The number of amides is 2. The maximum absolute atomic E-state index is 12.9. The molecule has 27 heavy (non-hydrogen) atoms. The van der Waals surface area contributed by atoms with Gasteiger partial charge in [0.25, 0.3) is 0 Å². The zero-order valence-electron chi connectivity index (χ0n) is 15.2. The van der Waals surface area contributed by atoms with E-state index >= 15 is 0 Å². The van der Waals surface area contributed by atoms with Gasteiger partial charge in [0, 0.05) is 26.7 Å². The second-order valence-electron chi connectivity index (χ2n) is 6.55. The molecule has 140 valence electrons. The minimum atomic E-state index is -0.325. The summed E-state index contributed by atoms with van der Waals surface area (Å²) in [6.07, 6.45) is 3.83. The molecule has 2 amide bonds. The molecule has 0 saturated heterocycles. The van der Waals surface area contributed by atoms with E-state index in [1.54, 1.807) is 29.1 Å². The summed E-state index contributed by atoms with van der Waals surface area (Å²) in [5.41, 5.74) is 2.78. The summed E-state index contributed by atoms with van der Waals surface area (Å²) in [7, 11) is 1.72. The molecule has 0 unspecified atom stereocenters. The van der Waals surface area contributed by atoms with E-state index in [2.05, 4.69) is 0 Å². The Bertz CT molecular complexity index is 911. The minimum absolute atomic E-state index is 0.0765. The molecule has 2 aromatic rings. The zero-order chi connectivity index (χ0) is 19.6. The molecule has 1 aliphatic heterocycles. The molecule has 1 aliphatic rings. The largest absolute Gasteiger partial charge is 0.341 e. The number of halogens is 2. The maximum Gasteiger partial charge on any atom is 0.225 e. The van der Waals surface area contributed by atoms with Crippen molar-refractivity contribution in [2.45, 2.75) is 25.9 Å². The molecule has 4 nitrogen and oxygen atoms in total. The summed E-state index contributed by atoms with van der Waals surface area (Å²) < 4.78 is 0. The van der Waals surface area contributed by atoms with Crippen molar-refractivity contribution in [2.24, 2.45) is 0 Å². The Morgan fingerprint density at radius 2 is 1.85 bits per heavy atom. The van der Waals surface area contributed by atoms with Gasteiger partial charge >= 0.3 is 0 Å². The monoisotopic (exact) mass is 402 g/mol. The standard InChI is InChI=1S/C21H20Cl2N2O2/c1-14(26)25-11-10-15-6-3-4-8-17(15)19(25)12-20(27)24(2)13-16-7-5-9-18(22)21(16)23/h3-11,19H,12-13H2,1-2H3/t19-/m1/s1. The molecule has 0 N–H and O–H groups in total. The van der Waals surface area contributed by atoms with Crippen molar-refractivity contribution < 1.29 is 9.59 Å². The fraction of sp³-hybridized carbons (Fsp3) is 0.238. The molecule has 2 aromatic carbocycles. The Labute approximate surface area is 169 Å². The van der Waals surface area contributed by atoms with E-state index in [9.17, 15) is 9.59 Å². The van der Waals surface area contributed by atoms with Crippen LogP contribution in [0.5, 0.6) is 0 Å². The van der Waals surface area contributed by atoms with E-state index in [1.165, 1.54) is 6.92 Å². The van der Waals surface area contributed by atoms with Crippen molar-refractivity contribution in [3.63, 3.8) is 0 Å². The van der Waals surface area contributed by atoms with Gasteiger partial charge in [-0.05, 0) is 28.8 Å². The highest BCUT2D eigenvalue weighted by molar-refractivity contribution is 6.42. The Kier molecular flexibility index (Phi) is 5.88. The van der Waals surface area contributed by atoms with E-state index in [0.717, 1.165) is 16.7 Å². The Balaban J connectivity index is 1.79. The van der Waals surface area contributed by atoms with Gasteiger partial charge in [-0.3, -0.25) is 9.59 Å². The molecule has 0 radical (unpaired) electrons. The summed E-state index contributed by atoms with van der Waals surface area (Å²) in [5, 5.41) is 0.916. The van der Waals surface area contributed by atoms with Crippen LogP contribution in [0.3, 0.4) is 0 Å². The van der Waals surface area contributed by atoms with Crippen LogP contribution in [0.1, 0.15) is 36.1 Å². The summed E-state index contributed by atoms with van der Waals surface area (Å²) in [6, 6.07) is 12.8. The first-order valence-corrected chi connectivity index (χ1v) is 9.37. The highest BCUT2D eigenvalue weighted by Crippen LogP contribution is 2.33. The average Bonchev–Trinajstić information content (AvgIpc) is 2.65. The van der Waals surface area contributed by atoms with Crippen molar-refractivity contribution in [2.75, 3.05) is 7.05 Å². The van der Waals surface area contributed by atoms with Crippen LogP contribution >= 0.6 is 23.2 Å². The lowest BCUT2D eigenvalue weighted by Gasteiger charge is -2.33.